The number of nitrogens with zero attached hydrogens (tertiary/aromatic N) is 1. The molecule has 2 aromatic rings. The average Bonchev–Trinajstić information content (AvgIpc) is 2.62. The van der Waals surface area contributed by atoms with Crippen LogP contribution in [0.25, 0.3) is 0 Å². The number of nitrogens with one attached hydrogen (secondary N) is 1. The minimum Gasteiger partial charge on any atom is -0.466 e. The molecule has 1 N–H and O–H groups in total. The van der Waals surface area contributed by atoms with Crippen molar-refractivity contribution in [3.8, 4) is 0 Å². The second kappa shape index (κ2) is 4.67. The van der Waals surface area contributed by atoms with E-state index in [9.17, 15) is 4.39 Å². The Morgan fingerprint density at radius 1 is 1.35 bits per heavy atom. The Kier molecular flexibility index (Phi) is 3.24. The lowest BCUT2D eigenvalue weighted by molar-refractivity contribution is 0.494. The maximum atomic E-state index is 13.7. The van der Waals surface area contributed by atoms with Gasteiger partial charge in [-0.05, 0) is 33.0 Å². The van der Waals surface area contributed by atoms with Crippen LogP contribution in [-0.4, -0.2) is 12.0 Å². The molecule has 4 heteroatoms. The Morgan fingerprint density at radius 3 is 2.65 bits per heavy atom. The molecule has 2 rings (SSSR count). The van der Waals surface area contributed by atoms with Gasteiger partial charge in [-0.1, -0.05) is 0 Å². The van der Waals surface area contributed by atoms with Gasteiger partial charge in [0.15, 0.2) is 0 Å². The van der Waals surface area contributed by atoms with Crippen LogP contribution >= 0.6 is 0 Å². The highest BCUT2D eigenvalue weighted by Crippen LogP contribution is 2.28. The lowest BCUT2D eigenvalue weighted by Gasteiger charge is -2.16. The standard InChI is InChI=1S/C13H15FN2O/c1-8-6-11(9(2)17-8)13(15-3)10-4-5-16-7-12(10)14/h4-7,13,15H,1-3H3. The van der Waals surface area contributed by atoms with E-state index in [4.69, 9.17) is 4.42 Å². The van der Waals surface area contributed by atoms with Crippen LogP contribution in [0, 0.1) is 19.7 Å². The molecule has 1 atom stereocenters. The maximum absolute atomic E-state index is 13.7. The van der Waals surface area contributed by atoms with Gasteiger partial charge < -0.3 is 9.73 Å². The van der Waals surface area contributed by atoms with Gasteiger partial charge in [-0.2, -0.15) is 0 Å². The van der Waals surface area contributed by atoms with Gasteiger partial charge >= 0.3 is 0 Å². The Labute approximate surface area is 99.7 Å². The molecule has 2 heterocycles. The number of pyridine rings is 1. The van der Waals surface area contributed by atoms with Crippen LogP contribution in [0.4, 0.5) is 4.39 Å². The highest BCUT2D eigenvalue weighted by Gasteiger charge is 2.20. The van der Waals surface area contributed by atoms with Crippen LogP contribution in [-0.2, 0) is 0 Å². The fraction of sp³-hybridized carbons (Fsp3) is 0.308. The zero-order valence-corrected chi connectivity index (χ0v) is 10.1. The average molecular weight is 234 g/mol. The first-order valence-corrected chi connectivity index (χ1v) is 5.47. The van der Waals surface area contributed by atoms with Crippen molar-refractivity contribution in [3.05, 3.63) is 53.0 Å². The zero-order valence-electron chi connectivity index (χ0n) is 10.1. The molecule has 0 amide bonds. The summed E-state index contributed by atoms with van der Waals surface area (Å²) in [5.74, 6) is 1.32. The molecule has 3 nitrogen and oxygen atoms in total. The fourth-order valence-corrected chi connectivity index (χ4v) is 2.04. The highest BCUT2D eigenvalue weighted by atomic mass is 19.1. The third-order valence-electron chi connectivity index (χ3n) is 2.79. The monoisotopic (exact) mass is 234 g/mol. The summed E-state index contributed by atoms with van der Waals surface area (Å²) in [6, 6.07) is 3.39. The van der Waals surface area contributed by atoms with Crippen molar-refractivity contribution in [2.45, 2.75) is 19.9 Å². The van der Waals surface area contributed by atoms with Crippen molar-refractivity contribution >= 4 is 0 Å². The van der Waals surface area contributed by atoms with E-state index in [0.717, 1.165) is 17.1 Å². The van der Waals surface area contributed by atoms with Crippen molar-refractivity contribution in [2.75, 3.05) is 7.05 Å². The summed E-state index contributed by atoms with van der Waals surface area (Å²) in [4.78, 5) is 3.76. The number of rotatable bonds is 3. The largest absolute Gasteiger partial charge is 0.466 e. The van der Waals surface area contributed by atoms with Crippen molar-refractivity contribution in [2.24, 2.45) is 0 Å². The topological polar surface area (TPSA) is 38.1 Å². The van der Waals surface area contributed by atoms with Crippen LogP contribution in [0.15, 0.2) is 28.9 Å². The molecule has 90 valence electrons. The van der Waals surface area contributed by atoms with Gasteiger partial charge in [0.05, 0.1) is 12.2 Å². The second-order valence-corrected chi connectivity index (χ2v) is 3.99. The lowest BCUT2D eigenvalue weighted by atomic mass is 10.00. The normalized spacial score (nSPS) is 12.7. The maximum Gasteiger partial charge on any atom is 0.146 e. The van der Waals surface area contributed by atoms with E-state index in [1.807, 2.05) is 19.9 Å². The molecular formula is C13H15FN2O. The van der Waals surface area contributed by atoms with Crippen LogP contribution in [0.5, 0.6) is 0 Å². The van der Waals surface area contributed by atoms with Crippen LogP contribution < -0.4 is 5.32 Å². The zero-order chi connectivity index (χ0) is 12.4. The minimum absolute atomic E-state index is 0.213. The number of hydrogen-bond donors (Lipinski definition) is 1. The summed E-state index contributed by atoms with van der Waals surface area (Å²) in [6.07, 6.45) is 2.81. The summed E-state index contributed by atoms with van der Waals surface area (Å²) in [6.45, 7) is 3.76. The van der Waals surface area contributed by atoms with Gasteiger partial charge in [0.25, 0.3) is 0 Å². The quantitative estimate of drug-likeness (QED) is 0.887. The summed E-state index contributed by atoms with van der Waals surface area (Å²) in [7, 11) is 1.80. The van der Waals surface area contributed by atoms with Gasteiger partial charge in [0.1, 0.15) is 17.3 Å². The van der Waals surface area contributed by atoms with Gasteiger partial charge in [0, 0.05) is 17.3 Å². The van der Waals surface area contributed by atoms with Crippen molar-refractivity contribution in [3.63, 3.8) is 0 Å². The number of aryl methyl sites for hydroxylation is 2. The van der Waals surface area contributed by atoms with Gasteiger partial charge in [-0.3, -0.25) is 4.98 Å². The van der Waals surface area contributed by atoms with Gasteiger partial charge in [0.2, 0.25) is 0 Å². The minimum atomic E-state index is -0.315. The molecule has 0 aliphatic rings. The van der Waals surface area contributed by atoms with Crippen molar-refractivity contribution < 1.29 is 8.81 Å². The first-order valence-electron chi connectivity index (χ1n) is 5.47. The van der Waals surface area contributed by atoms with Crippen LogP contribution in [0.2, 0.25) is 0 Å². The van der Waals surface area contributed by atoms with Crippen LogP contribution in [0.1, 0.15) is 28.7 Å². The molecule has 0 saturated heterocycles. The predicted octanol–water partition coefficient (Wildman–Crippen LogP) is 2.74. The molecule has 17 heavy (non-hydrogen) atoms. The molecule has 2 aromatic heterocycles. The molecule has 0 aliphatic carbocycles. The van der Waals surface area contributed by atoms with E-state index in [-0.39, 0.29) is 11.9 Å². The second-order valence-electron chi connectivity index (χ2n) is 3.99. The number of halogens is 1. The third-order valence-corrected chi connectivity index (χ3v) is 2.79. The molecule has 0 saturated carbocycles. The number of hydrogen-bond acceptors (Lipinski definition) is 3. The third kappa shape index (κ3) is 2.22. The molecular weight excluding hydrogens is 219 g/mol. The smallest absolute Gasteiger partial charge is 0.146 e. The predicted molar refractivity (Wildman–Crippen MR) is 63.3 cm³/mol. The summed E-state index contributed by atoms with van der Waals surface area (Å²) >= 11 is 0. The molecule has 0 spiro atoms. The SMILES string of the molecule is CNC(c1ccncc1F)c1cc(C)oc1C. The molecule has 0 aromatic carbocycles. The first kappa shape index (κ1) is 11.8. The number of furan rings is 1. The molecule has 0 bridgehead atoms. The summed E-state index contributed by atoms with van der Waals surface area (Å²) in [5.41, 5.74) is 1.53. The van der Waals surface area contributed by atoms with E-state index in [0.29, 0.717) is 5.56 Å². The fourth-order valence-electron chi connectivity index (χ4n) is 2.04. The Bertz CT molecular complexity index is 522. The molecule has 0 fully saturated rings. The van der Waals surface area contributed by atoms with Crippen molar-refractivity contribution in [1.29, 1.82) is 0 Å². The molecule has 1 unspecified atom stereocenters. The van der Waals surface area contributed by atoms with E-state index in [2.05, 4.69) is 10.3 Å². The lowest BCUT2D eigenvalue weighted by Crippen LogP contribution is -2.19. The Morgan fingerprint density at radius 2 is 2.12 bits per heavy atom. The van der Waals surface area contributed by atoms with E-state index >= 15 is 0 Å². The van der Waals surface area contributed by atoms with E-state index in [1.54, 1.807) is 19.3 Å². The highest BCUT2D eigenvalue weighted by molar-refractivity contribution is 5.34. The summed E-state index contributed by atoms with van der Waals surface area (Å²) in [5, 5.41) is 3.10. The van der Waals surface area contributed by atoms with E-state index in [1.165, 1.54) is 6.20 Å². The van der Waals surface area contributed by atoms with Crippen LogP contribution in [0.3, 0.4) is 0 Å². The first-order chi connectivity index (χ1) is 8.13. The van der Waals surface area contributed by atoms with Gasteiger partial charge in [-0.25, -0.2) is 4.39 Å². The molecule has 0 aliphatic heterocycles. The van der Waals surface area contributed by atoms with E-state index < -0.39 is 0 Å². The summed E-state index contributed by atoms with van der Waals surface area (Å²) < 4.78 is 19.2. The number of aromatic nitrogens is 1. The Hall–Kier alpha value is -1.68. The molecule has 0 radical (unpaired) electrons. The van der Waals surface area contributed by atoms with Gasteiger partial charge in [-0.15, -0.1) is 0 Å². The Balaban J connectivity index is 2.47. The van der Waals surface area contributed by atoms with Crippen molar-refractivity contribution in [1.82, 2.24) is 10.3 Å².